The van der Waals surface area contributed by atoms with Gasteiger partial charge in [0.15, 0.2) is 10.8 Å². The molecule has 1 aromatic heterocycles. The summed E-state index contributed by atoms with van der Waals surface area (Å²) in [4.78, 5) is 41.8. The molecule has 2 fully saturated rings. The number of carboxylic acid groups (broad SMARTS) is 1. The molecule has 2 aliphatic heterocycles. The Balaban J connectivity index is 0.00000256. The Kier molecular flexibility index (Phi) is 6.92. The Bertz CT molecular complexity index is 987. The predicted molar refractivity (Wildman–Crippen MR) is 104 cm³/mol. The van der Waals surface area contributed by atoms with Crippen molar-refractivity contribution in [1.29, 1.82) is 0 Å². The number of fused-ring (bicyclic) bond motifs is 1. The van der Waals surface area contributed by atoms with E-state index in [0.29, 0.717) is 17.2 Å². The summed E-state index contributed by atoms with van der Waals surface area (Å²) in [7, 11) is 0. The van der Waals surface area contributed by atoms with Crippen LogP contribution in [-0.4, -0.2) is 55.8 Å². The summed E-state index contributed by atoms with van der Waals surface area (Å²) in [5, 5.41) is 27.3. The first-order valence-corrected chi connectivity index (χ1v) is 10.6. The Morgan fingerprint density at radius 1 is 1.43 bits per heavy atom. The van der Waals surface area contributed by atoms with Crippen molar-refractivity contribution >= 4 is 51.7 Å². The van der Waals surface area contributed by atoms with E-state index in [1.165, 1.54) is 17.1 Å². The number of allylic oxidation sites excluding steroid dienone is 2. The minimum absolute atomic E-state index is 0. The fourth-order valence-corrected chi connectivity index (χ4v) is 4.99. The maximum atomic E-state index is 12.6. The number of anilines is 1. The number of nitrogens with one attached hydrogen (secondary N) is 1. The molecule has 13 heteroatoms. The molecule has 0 bridgehead atoms. The topological polar surface area (TPSA) is 161 Å². The fourth-order valence-electron chi connectivity index (χ4n) is 3.12. The van der Waals surface area contributed by atoms with Gasteiger partial charge in [-0.3, -0.25) is 14.5 Å². The van der Waals surface area contributed by atoms with Gasteiger partial charge in [-0.05, 0) is 24.3 Å². The van der Waals surface area contributed by atoms with E-state index in [4.69, 9.17) is 10.9 Å². The predicted octanol–water partition coefficient (Wildman–Crippen LogP) is -3.72. The number of nitrogen functional groups attached to an aromatic ring is 1. The number of aromatic nitrogens is 1. The van der Waals surface area contributed by atoms with Crippen LogP contribution in [0.25, 0.3) is 0 Å². The summed E-state index contributed by atoms with van der Waals surface area (Å²) >= 11 is 2.41. The summed E-state index contributed by atoms with van der Waals surface area (Å²) in [6.45, 7) is 0. The van der Waals surface area contributed by atoms with E-state index in [0.717, 1.165) is 29.1 Å². The molecule has 0 radical (unpaired) electrons. The van der Waals surface area contributed by atoms with E-state index < -0.39 is 29.2 Å². The number of carbonyl (C=O) groups is 3. The van der Waals surface area contributed by atoms with Gasteiger partial charge in [0, 0.05) is 11.1 Å². The van der Waals surface area contributed by atoms with Crippen molar-refractivity contribution in [2.24, 2.45) is 11.1 Å². The van der Waals surface area contributed by atoms with Crippen LogP contribution in [0.4, 0.5) is 5.13 Å². The molecule has 1 saturated heterocycles. The van der Waals surface area contributed by atoms with Crippen LogP contribution in [0.5, 0.6) is 0 Å². The van der Waals surface area contributed by atoms with Crippen LogP contribution in [0.15, 0.2) is 34.0 Å². The van der Waals surface area contributed by atoms with Gasteiger partial charge in [-0.1, -0.05) is 17.3 Å². The Labute approximate surface area is 201 Å². The van der Waals surface area contributed by atoms with Crippen molar-refractivity contribution in [2.75, 3.05) is 11.5 Å². The molecule has 3 heterocycles. The van der Waals surface area contributed by atoms with Crippen molar-refractivity contribution in [2.45, 2.75) is 24.3 Å². The van der Waals surface area contributed by atoms with Gasteiger partial charge in [0.2, 0.25) is 0 Å². The number of carbonyl (C=O) groups excluding carboxylic acids is 3. The van der Waals surface area contributed by atoms with Crippen LogP contribution >= 0.6 is 23.1 Å². The van der Waals surface area contributed by atoms with Crippen LogP contribution in [0, 0.1) is 5.92 Å². The van der Waals surface area contributed by atoms with E-state index >= 15 is 0 Å². The van der Waals surface area contributed by atoms with Crippen molar-refractivity contribution in [3.63, 3.8) is 0 Å². The number of carboxylic acids is 1. The smallest absolute Gasteiger partial charge is 0.543 e. The number of hydrogen-bond donors (Lipinski definition) is 3. The second kappa shape index (κ2) is 9.10. The molecule has 2 atom stereocenters. The van der Waals surface area contributed by atoms with Gasteiger partial charge in [-0.25, -0.2) is 4.98 Å². The van der Waals surface area contributed by atoms with E-state index in [-0.39, 0.29) is 51.8 Å². The Morgan fingerprint density at radius 3 is 2.73 bits per heavy atom. The first-order chi connectivity index (χ1) is 13.9. The molecule has 4 N–H and O–H groups in total. The number of thioether (sulfide) groups is 1. The zero-order chi connectivity index (χ0) is 20.7. The molecular formula is C17H16N5NaO5S2. The first-order valence-electron chi connectivity index (χ1n) is 8.72. The minimum atomic E-state index is -1.43. The summed E-state index contributed by atoms with van der Waals surface area (Å²) < 4.78 is 0. The van der Waals surface area contributed by atoms with Gasteiger partial charge in [-0.2, -0.15) is 0 Å². The molecule has 2 amide bonds. The average molecular weight is 457 g/mol. The van der Waals surface area contributed by atoms with Gasteiger partial charge in [-0.15, -0.1) is 23.1 Å². The Morgan fingerprint density at radius 2 is 2.17 bits per heavy atom. The normalized spacial score (nSPS) is 23.7. The molecule has 1 aromatic rings. The quantitative estimate of drug-likeness (QED) is 0.129. The standard InChI is InChI=1S/C17H17N5O5S2.Na/c18-17-19-9(6-29-17)10(21-27)13(23)20-11-14(24)22-12(16(25)26)8(5-28-15(11)22)4-3-7-1-2-7;/h3-4,6-7,11,15,27H,1-2,5H2,(H2,18,19)(H,20,23)(H,25,26);/q;+1/p-1/b4-3-,21-10+;/t11-,15-;/m1./s1. The molecule has 1 saturated carbocycles. The molecule has 0 unspecified atom stereocenters. The van der Waals surface area contributed by atoms with Crippen LogP contribution < -0.4 is 45.7 Å². The molecule has 10 nitrogen and oxygen atoms in total. The third-order valence-corrected chi connectivity index (χ3v) is 6.73. The minimum Gasteiger partial charge on any atom is -0.543 e. The van der Waals surface area contributed by atoms with E-state index in [2.05, 4.69) is 15.5 Å². The molecular weight excluding hydrogens is 441 g/mol. The summed E-state index contributed by atoms with van der Waals surface area (Å²) in [6.07, 6.45) is 5.85. The number of rotatable bonds is 6. The fraction of sp³-hybridized carbons (Fsp3) is 0.353. The zero-order valence-electron chi connectivity index (χ0n) is 15.9. The number of thiazole rings is 1. The van der Waals surface area contributed by atoms with Gasteiger partial charge >= 0.3 is 29.6 Å². The maximum Gasteiger partial charge on any atom is 1.00 e. The number of β-lactam (4-membered cyclic amide) rings is 1. The zero-order valence-corrected chi connectivity index (χ0v) is 19.5. The van der Waals surface area contributed by atoms with Gasteiger partial charge in [0.25, 0.3) is 11.8 Å². The van der Waals surface area contributed by atoms with Crippen molar-refractivity contribution in [3.8, 4) is 0 Å². The molecule has 0 aromatic carbocycles. The van der Waals surface area contributed by atoms with Gasteiger partial charge < -0.3 is 26.2 Å². The van der Waals surface area contributed by atoms with Crippen LogP contribution in [0.3, 0.4) is 0 Å². The Hall–Kier alpha value is -1.86. The molecule has 4 rings (SSSR count). The van der Waals surface area contributed by atoms with Gasteiger partial charge in [0.05, 0.1) is 11.7 Å². The van der Waals surface area contributed by atoms with Crippen LogP contribution in [-0.2, 0) is 14.4 Å². The van der Waals surface area contributed by atoms with E-state index in [1.807, 2.05) is 6.08 Å². The SMILES string of the molecule is Nc1nc(/C(=N\O)C(=O)N[C@@H]2C(=O)N3C(C(=O)[O-])=C(/C=C\C4CC4)CS[C@H]23)cs1.[Na+]. The number of hydrogen-bond acceptors (Lipinski definition) is 10. The van der Waals surface area contributed by atoms with Crippen molar-refractivity contribution in [1.82, 2.24) is 15.2 Å². The number of nitrogens with two attached hydrogens (primary N) is 1. The number of aliphatic carboxylic acids is 1. The third kappa shape index (κ3) is 4.28. The maximum absolute atomic E-state index is 12.6. The second-order valence-corrected chi connectivity index (χ2v) is 8.73. The van der Waals surface area contributed by atoms with Crippen LogP contribution in [0.1, 0.15) is 18.5 Å². The number of nitrogens with zero attached hydrogens (tertiary/aromatic N) is 3. The number of oxime groups is 1. The molecule has 3 aliphatic rings. The largest absolute Gasteiger partial charge is 1.00 e. The average Bonchev–Trinajstić information content (AvgIpc) is 3.43. The summed E-state index contributed by atoms with van der Waals surface area (Å²) in [5.41, 5.74) is 5.58. The molecule has 0 spiro atoms. The number of amides is 2. The molecule has 152 valence electrons. The van der Waals surface area contributed by atoms with Crippen molar-refractivity contribution < 1.29 is 54.3 Å². The summed E-state index contributed by atoms with van der Waals surface area (Å²) in [5.74, 6) is -1.98. The monoisotopic (exact) mass is 457 g/mol. The van der Waals surface area contributed by atoms with Crippen molar-refractivity contribution in [3.05, 3.63) is 34.5 Å². The van der Waals surface area contributed by atoms with Crippen LogP contribution in [0.2, 0.25) is 0 Å². The third-order valence-electron chi connectivity index (χ3n) is 4.75. The summed E-state index contributed by atoms with van der Waals surface area (Å²) in [6, 6.07) is -0.955. The van der Waals surface area contributed by atoms with E-state index in [9.17, 15) is 19.5 Å². The van der Waals surface area contributed by atoms with Gasteiger partial charge in [0.1, 0.15) is 17.1 Å². The second-order valence-electron chi connectivity index (χ2n) is 6.74. The molecule has 1 aliphatic carbocycles. The first kappa shape index (κ1) is 22.8. The molecule has 30 heavy (non-hydrogen) atoms. The van der Waals surface area contributed by atoms with E-state index in [1.54, 1.807) is 6.08 Å².